The van der Waals surface area contributed by atoms with Crippen LogP contribution in [0.1, 0.15) is 5.56 Å². The quantitative estimate of drug-likeness (QED) is 0.450. The zero-order chi connectivity index (χ0) is 15.6. The van der Waals surface area contributed by atoms with Gasteiger partial charge in [-0.3, -0.25) is 4.98 Å². The van der Waals surface area contributed by atoms with Crippen LogP contribution in [0, 0.1) is 6.92 Å². The summed E-state index contributed by atoms with van der Waals surface area (Å²) >= 11 is 0. The zero-order valence-electron chi connectivity index (χ0n) is 13.0. The van der Waals surface area contributed by atoms with Crippen LogP contribution in [0.2, 0.25) is 0 Å². The van der Waals surface area contributed by atoms with E-state index in [9.17, 15) is 0 Å². The molecule has 1 nitrogen and oxygen atoms in total. The van der Waals surface area contributed by atoms with Crippen molar-refractivity contribution in [2.24, 2.45) is 0 Å². The van der Waals surface area contributed by atoms with E-state index in [0.717, 1.165) is 11.3 Å². The lowest BCUT2D eigenvalue weighted by Gasteiger charge is -2.13. The van der Waals surface area contributed by atoms with Gasteiger partial charge in [0.25, 0.3) is 0 Å². The van der Waals surface area contributed by atoms with E-state index in [1.54, 1.807) is 0 Å². The van der Waals surface area contributed by atoms with Crippen LogP contribution in [0.5, 0.6) is 0 Å². The summed E-state index contributed by atoms with van der Waals surface area (Å²) in [6.45, 7) is 2.11. The summed E-state index contributed by atoms with van der Waals surface area (Å²) in [4.78, 5) is 4.78. The molecule has 4 rings (SSSR count). The van der Waals surface area contributed by atoms with Crippen LogP contribution >= 0.6 is 0 Å². The van der Waals surface area contributed by atoms with Gasteiger partial charge in [0.05, 0.1) is 5.69 Å². The van der Waals surface area contributed by atoms with Gasteiger partial charge in [-0.25, -0.2) is 0 Å². The fraction of sp³-hybridized carbons (Fsp3) is 0.0455. The van der Waals surface area contributed by atoms with Crippen LogP contribution in [0.3, 0.4) is 0 Å². The van der Waals surface area contributed by atoms with E-state index in [2.05, 4.69) is 79.7 Å². The Balaban J connectivity index is 2.06. The normalized spacial score (nSPS) is 10.8. The molecular formula is C22H17N. The van der Waals surface area contributed by atoms with Crippen molar-refractivity contribution in [3.8, 4) is 22.4 Å². The van der Waals surface area contributed by atoms with Crippen molar-refractivity contribution in [1.82, 2.24) is 4.98 Å². The van der Waals surface area contributed by atoms with Crippen molar-refractivity contribution < 1.29 is 0 Å². The highest BCUT2D eigenvalue weighted by Crippen LogP contribution is 2.36. The maximum atomic E-state index is 4.78. The Morgan fingerprint density at radius 1 is 0.652 bits per heavy atom. The molecule has 0 aliphatic carbocycles. The summed E-state index contributed by atoms with van der Waals surface area (Å²) in [6, 6.07) is 27.5. The minimum atomic E-state index is 1.04. The van der Waals surface area contributed by atoms with Gasteiger partial charge in [0, 0.05) is 22.7 Å². The molecule has 0 aliphatic rings. The molecule has 4 aromatic rings. The Hall–Kier alpha value is -2.93. The molecule has 1 aromatic heterocycles. The molecule has 110 valence electrons. The Bertz CT molecular complexity index is 954. The molecule has 1 heteroatoms. The number of nitrogens with zero attached hydrogens (tertiary/aromatic N) is 1. The van der Waals surface area contributed by atoms with Crippen molar-refractivity contribution >= 4 is 10.8 Å². The van der Waals surface area contributed by atoms with E-state index in [4.69, 9.17) is 4.98 Å². The maximum absolute atomic E-state index is 4.78. The molecule has 0 aliphatic heterocycles. The lowest BCUT2D eigenvalue weighted by Crippen LogP contribution is -1.91. The molecule has 0 fully saturated rings. The molecule has 0 N–H and O–H groups in total. The monoisotopic (exact) mass is 295 g/mol. The number of aryl methyl sites for hydroxylation is 1. The fourth-order valence-electron chi connectivity index (χ4n) is 2.99. The van der Waals surface area contributed by atoms with Crippen molar-refractivity contribution in [1.29, 1.82) is 0 Å². The average Bonchev–Trinajstić information content (AvgIpc) is 2.62. The standard InChI is InChI=1S/C22H17N/c1-16-11-13-18(14-12-16)22-21(17-7-3-2-4-8-17)20-10-6-5-9-19(20)15-23-22/h2-15H,1H3. The maximum Gasteiger partial charge on any atom is 0.0786 e. The fourth-order valence-corrected chi connectivity index (χ4v) is 2.99. The van der Waals surface area contributed by atoms with Crippen LogP contribution in [0.25, 0.3) is 33.2 Å². The largest absolute Gasteiger partial charge is 0.255 e. The summed E-state index contributed by atoms with van der Waals surface area (Å²) in [5.74, 6) is 0. The molecule has 0 saturated carbocycles. The Morgan fingerprint density at radius 3 is 2.13 bits per heavy atom. The second-order valence-corrected chi connectivity index (χ2v) is 5.80. The van der Waals surface area contributed by atoms with Gasteiger partial charge >= 0.3 is 0 Å². The highest BCUT2D eigenvalue weighted by Gasteiger charge is 2.12. The second kappa shape index (κ2) is 5.69. The summed E-state index contributed by atoms with van der Waals surface area (Å²) < 4.78 is 0. The first-order chi connectivity index (χ1) is 11.3. The summed E-state index contributed by atoms with van der Waals surface area (Å²) in [5, 5.41) is 2.41. The Labute approximate surface area is 136 Å². The Kier molecular flexibility index (Phi) is 3.39. The molecule has 1 heterocycles. The third-order valence-corrected chi connectivity index (χ3v) is 4.19. The number of aromatic nitrogens is 1. The molecule has 0 amide bonds. The third-order valence-electron chi connectivity index (χ3n) is 4.19. The SMILES string of the molecule is Cc1ccc(-c2ncc3ccccc3c2-c2ccccc2)cc1. The first-order valence-electron chi connectivity index (χ1n) is 7.83. The van der Waals surface area contributed by atoms with Gasteiger partial charge in [-0.15, -0.1) is 0 Å². The predicted molar refractivity (Wildman–Crippen MR) is 97.4 cm³/mol. The van der Waals surface area contributed by atoms with Gasteiger partial charge in [0.2, 0.25) is 0 Å². The lowest BCUT2D eigenvalue weighted by atomic mass is 9.94. The highest BCUT2D eigenvalue weighted by atomic mass is 14.7. The smallest absolute Gasteiger partial charge is 0.0786 e. The minimum absolute atomic E-state index is 1.04. The van der Waals surface area contributed by atoms with E-state index in [1.807, 2.05) is 12.3 Å². The minimum Gasteiger partial charge on any atom is -0.255 e. The molecule has 0 radical (unpaired) electrons. The van der Waals surface area contributed by atoms with Crippen molar-refractivity contribution in [3.05, 3.63) is 90.6 Å². The molecule has 0 spiro atoms. The summed E-state index contributed by atoms with van der Waals surface area (Å²) in [5.41, 5.74) is 5.85. The van der Waals surface area contributed by atoms with Crippen molar-refractivity contribution in [2.45, 2.75) is 6.92 Å². The number of rotatable bonds is 2. The first-order valence-corrected chi connectivity index (χ1v) is 7.83. The van der Waals surface area contributed by atoms with Gasteiger partial charge in [-0.1, -0.05) is 84.4 Å². The predicted octanol–water partition coefficient (Wildman–Crippen LogP) is 5.88. The van der Waals surface area contributed by atoms with Crippen LogP contribution < -0.4 is 0 Å². The van der Waals surface area contributed by atoms with Crippen molar-refractivity contribution in [3.63, 3.8) is 0 Å². The highest BCUT2D eigenvalue weighted by molar-refractivity contribution is 6.02. The topological polar surface area (TPSA) is 12.9 Å². The van der Waals surface area contributed by atoms with E-state index in [1.165, 1.54) is 27.5 Å². The number of hydrogen-bond donors (Lipinski definition) is 0. The molecule has 0 saturated heterocycles. The third kappa shape index (κ3) is 2.51. The van der Waals surface area contributed by atoms with E-state index in [-0.39, 0.29) is 0 Å². The van der Waals surface area contributed by atoms with Crippen molar-refractivity contribution in [2.75, 3.05) is 0 Å². The number of fused-ring (bicyclic) bond motifs is 1. The van der Waals surface area contributed by atoms with Gasteiger partial charge in [0.15, 0.2) is 0 Å². The van der Waals surface area contributed by atoms with Gasteiger partial charge in [0.1, 0.15) is 0 Å². The first kappa shape index (κ1) is 13.7. The number of hydrogen-bond acceptors (Lipinski definition) is 1. The lowest BCUT2D eigenvalue weighted by molar-refractivity contribution is 1.35. The zero-order valence-corrected chi connectivity index (χ0v) is 13.0. The van der Waals surface area contributed by atoms with Crippen LogP contribution in [0.15, 0.2) is 85.1 Å². The average molecular weight is 295 g/mol. The number of benzene rings is 3. The number of pyridine rings is 1. The van der Waals surface area contributed by atoms with Gasteiger partial charge in [-0.05, 0) is 17.9 Å². The summed E-state index contributed by atoms with van der Waals surface area (Å²) in [6.07, 6.45) is 1.97. The van der Waals surface area contributed by atoms with Crippen LogP contribution in [-0.2, 0) is 0 Å². The van der Waals surface area contributed by atoms with E-state index < -0.39 is 0 Å². The second-order valence-electron chi connectivity index (χ2n) is 5.80. The van der Waals surface area contributed by atoms with Gasteiger partial charge in [-0.2, -0.15) is 0 Å². The summed E-state index contributed by atoms with van der Waals surface area (Å²) in [7, 11) is 0. The molecule has 0 atom stereocenters. The van der Waals surface area contributed by atoms with E-state index >= 15 is 0 Å². The van der Waals surface area contributed by atoms with Crippen LogP contribution in [0.4, 0.5) is 0 Å². The molecule has 0 bridgehead atoms. The van der Waals surface area contributed by atoms with E-state index in [0.29, 0.717) is 0 Å². The molecule has 23 heavy (non-hydrogen) atoms. The Morgan fingerprint density at radius 2 is 1.35 bits per heavy atom. The molecule has 3 aromatic carbocycles. The van der Waals surface area contributed by atoms with Gasteiger partial charge < -0.3 is 0 Å². The van der Waals surface area contributed by atoms with Crippen LogP contribution in [-0.4, -0.2) is 4.98 Å². The molecular weight excluding hydrogens is 278 g/mol. The molecule has 0 unspecified atom stereocenters.